The molecule has 0 atom stereocenters. The lowest BCUT2D eigenvalue weighted by molar-refractivity contribution is -0.122. The minimum Gasteiger partial charge on any atom is -0.382 e. The summed E-state index contributed by atoms with van der Waals surface area (Å²) in [4.78, 5) is 61.8. The third-order valence-electron chi connectivity index (χ3n) is 6.28. The molecular formula is C25H37N9O4. The van der Waals surface area contributed by atoms with E-state index >= 15 is 0 Å². The largest absolute Gasteiger partial charge is 0.382 e. The van der Waals surface area contributed by atoms with Gasteiger partial charge in [0.1, 0.15) is 11.8 Å². The Morgan fingerprint density at radius 3 is 2.08 bits per heavy atom. The average molecular weight is 528 g/mol. The fraction of sp³-hybridized carbons (Fsp3) is 0.560. The van der Waals surface area contributed by atoms with E-state index < -0.39 is 11.2 Å². The van der Waals surface area contributed by atoms with Crippen molar-refractivity contribution in [3.63, 3.8) is 0 Å². The van der Waals surface area contributed by atoms with Crippen LogP contribution in [0.2, 0.25) is 0 Å². The van der Waals surface area contributed by atoms with E-state index in [1.807, 2.05) is 0 Å². The highest BCUT2D eigenvalue weighted by atomic mass is 16.2. The Bertz CT molecular complexity index is 1330. The molecule has 0 unspecified atom stereocenters. The maximum atomic E-state index is 12.1. The van der Waals surface area contributed by atoms with Crippen LogP contribution in [0.25, 0.3) is 11.2 Å². The number of unbranched alkanes of at least 4 members (excludes halogenated alkanes) is 6. The van der Waals surface area contributed by atoms with Crippen LogP contribution in [0, 0.1) is 6.92 Å². The number of aryl methyl sites for hydroxylation is 3. The van der Waals surface area contributed by atoms with Crippen molar-refractivity contribution in [2.24, 2.45) is 0 Å². The number of aromatic nitrogens is 6. The van der Waals surface area contributed by atoms with Gasteiger partial charge in [-0.25, -0.2) is 19.7 Å². The molecule has 0 aliphatic heterocycles. The molecule has 0 aliphatic carbocycles. The quantitative estimate of drug-likeness (QED) is 0.199. The Kier molecular flexibility index (Phi) is 11.0. The number of carbonyl (C=O) groups is 2. The number of nitrogens with zero attached hydrogens (tertiary/aromatic N) is 5. The summed E-state index contributed by atoms with van der Waals surface area (Å²) in [5.41, 5.74) is 6.49. The smallest absolute Gasteiger partial charge is 0.328 e. The molecular weight excluding hydrogens is 490 g/mol. The maximum absolute atomic E-state index is 12.1. The fourth-order valence-electron chi connectivity index (χ4n) is 4.06. The van der Waals surface area contributed by atoms with Gasteiger partial charge in [0.25, 0.3) is 5.56 Å². The molecule has 0 radical (unpaired) electrons. The van der Waals surface area contributed by atoms with E-state index in [0.29, 0.717) is 48.6 Å². The molecule has 0 saturated carbocycles. The number of nitrogens with two attached hydrogens (primary N) is 1. The second-order valence-corrected chi connectivity index (χ2v) is 9.31. The number of hydrogen-bond donors (Lipinski definition) is 4. The molecule has 5 N–H and O–H groups in total. The fourth-order valence-corrected chi connectivity index (χ4v) is 4.06. The number of amides is 2. The second-order valence-electron chi connectivity index (χ2n) is 9.31. The molecule has 3 aromatic heterocycles. The van der Waals surface area contributed by atoms with Gasteiger partial charge in [-0.05, 0) is 19.8 Å². The van der Waals surface area contributed by atoms with E-state index in [1.54, 1.807) is 17.8 Å². The molecule has 13 nitrogen and oxygen atoms in total. The van der Waals surface area contributed by atoms with Crippen LogP contribution in [0.15, 0.2) is 28.4 Å². The van der Waals surface area contributed by atoms with Crippen LogP contribution in [0.5, 0.6) is 0 Å². The van der Waals surface area contributed by atoms with E-state index in [4.69, 9.17) is 5.73 Å². The maximum Gasteiger partial charge on any atom is 0.328 e. The molecule has 0 spiro atoms. The zero-order valence-corrected chi connectivity index (χ0v) is 21.9. The van der Waals surface area contributed by atoms with Gasteiger partial charge in [0.2, 0.25) is 11.8 Å². The van der Waals surface area contributed by atoms with Crippen LogP contribution in [-0.2, 0) is 22.7 Å². The van der Waals surface area contributed by atoms with Crippen LogP contribution in [0.3, 0.4) is 0 Å². The summed E-state index contributed by atoms with van der Waals surface area (Å²) < 4.78 is 3.15. The lowest BCUT2D eigenvalue weighted by atomic mass is 10.1. The number of imidazole rings is 1. The van der Waals surface area contributed by atoms with Gasteiger partial charge in [-0.2, -0.15) is 0 Å². The highest BCUT2D eigenvalue weighted by molar-refractivity contribution is 5.81. The van der Waals surface area contributed by atoms with Gasteiger partial charge in [0.05, 0.1) is 6.33 Å². The van der Waals surface area contributed by atoms with Crippen molar-refractivity contribution >= 4 is 28.8 Å². The first kappa shape index (κ1) is 28.5. The van der Waals surface area contributed by atoms with Crippen LogP contribution in [-0.4, -0.2) is 54.0 Å². The van der Waals surface area contributed by atoms with Gasteiger partial charge in [-0.3, -0.25) is 23.9 Å². The van der Waals surface area contributed by atoms with E-state index in [-0.39, 0.29) is 24.8 Å². The van der Waals surface area contributed by atoms with Crippen molar-refractivity contribution in [1.29, 1.82) is 0 Å². The van der Waals surface area contributed by atoms with Crippen molar-refractivity contribution in [3.8, 4) is 0 Å². The van der Waals surface area contributed by atoms with Gasteiger partial charge >= 0.3 is 5.69 Å². The molecule has 206 valence electrons. The number of rotatable bonds is 16. The number of H-pyrrole nitrogens is 1. The number of nitrogens with one attached hydrogen (secondary N) is 3. The summed E-state index contributed by atoms with van der Waals surface area (Å²) >= 11 is 0. The van der Waals surface area contributed by atoms with Gasteiger partial charge in [-0.15, -0.1) is 0 Å². The van der Waals surface area contributed by atoms with Crippen molar-refractivity contribution in [2.45, 2.75) is 77.8 Å². The molecule has 0 saturated heterocycles. The highest BCUT2D eigenvalue weighted by Crippen LogP contribution is 2.14. The molecule has 0 aliphatic rings. The number of fused-ring (bicyclic) bond motifs is 1. The van der Waals surface area contributed by atoms with Gasteiger partial charge in [0.15, 0.2) is 11.5 Å². The summed E-state index contributed by atoms with van der Waals surface area (Å²) in [6, 6.07) is 0. The molecule has 38 heavy (non-hydrogen) atoms. The molecule has 0 bridgehead atoms. The molecule has 13 heteroatoms. The van der Waals surface area contributed by atoms with Gasteiger partial charge < -0.3 is 20.9 Å². The Balaban J connectivity index is 1.14. The molecule has 3 aromatic rings. The Labute approximate surface area is 220 Å². The van der Waals surface area contributed by atoms with Crippen molar-refractivity contribution < 1.29 is 9.59 Å². The van der Waals surface area contributed by atoms with Crippen molar-refractivity contribution in [3.05, 3.63) is 45.3 Å². The summed E-state index contributed by atoms with van der Waals surface area (Å²) in [7, 11) is 0. The number of carbonyl (C=O) groups excluding carboxylic acids is 2. The third kappa shape index (κ3) is 8.82. The SMILES string of the molecule is Cc1cn(CCC(=O)NCCCCCCCCCNC(=O)CCn2cnc3c(N)ncnc32)c(=O)[nH]c1=O. The Morgan fingerprint density at radius 1 is 0.868 bits per heavy atom. The minimum atomic E-state index is -0.502. The molecule has 2 amide bonds. The summed E-state index contributed by atoms with van der Waals surface area (Å²) in [5.74, 6) is 0.215. The summed E-state index contributed by atoms with van der Waals surface area (Å²) in [6.07, 6.45) is 12.3. The lowest BCUT2D eigenvalue weighted by Gasteiger charge is -2.08. The monoisotopic (exact) mass is 527 g/mol. The Morgan fingerprint density at radius 2 is 1.45 bits per heavy atom. The standard InChI is InChI=1S/C25H37N9O4/c1-18-15-33(25(38)32-24(18)37)13-9-19(35)27-11-7-5-3-2-4-6-8-12-28-20(36)10-14-34-17-31-21-22(26)29-16-30-23(21)34/h15-17H,2-14H2,1H3,(H,27,35)(H,28,36)(H2,26,29,30)(H,32,37,38). The summed E-state index contributed by atoms with van der Waals surface area (Å²) in [6.45, 7) is 3.60. The first-order valence-corrected chi connectivity index (χ1v) is 13.1. The van der Waals surface area contributed by atoms with Crippen LogP contribution >= 0.6 is 0 Å². The van der Waals surface area contributed by atoms with Crippen LogP contribution < -0.4 is 27.6 Å². The molecule has 0 aromatic carbocycles. The second kappa shape index (κ2) is 14.6. The van der Waals surface area contributed by atoms with E-state index in [0.717, 1.165) is 44.9 Å². The third-order valence-corrected chi connectivity index (χ3v) is 6.28. The zero-order chi connectivity index (χ0) is 27.3. The summed E-state index contributed by atoms with van der Waals surface area (Å²) in [5, 5.41) is 5.83. The van der Waals surface area contributed by atoms with E-state index in [9.17, 15) is 19.2 Å². The van der Waals surface area contributed by atoms with Crippen LogP contribution in [0.4, 0.5) is 5.82 Å². The minimum absolute atomic E-state index is 0.00296. The first-order chi connectivity index (χ1) is 18.3. The first-order valence-electron chi connectivity index (χ1n) is 13.1. The van der Waals surface area contributed by atoms with Crippen molar-refractivity contribution in [1.82, 2.24) is 39.7 Å². The predicted octanol–water partition coefficient (Wildman–Crippen LogP) is 1.01. The van der Waals surface area contributed by atoms with Crippen LogP contribution in [0.1, 0.15) is 63.4 Å². The topological polar surface area (TPSA) is 183 Å². The van der Waals surface area contributed by atoms with E-state index in [1.165, 1.54) is 17.1 Å². The number of nitrogen functional groups attached to an aromatic ring is 1. The van der Waals surface area contributed by atoms with Gasteiger partial charge in [-0.1, -0.05) is 32.1 Å². The Hall–Kier alpha value is -4.03. The number of anilines is 1. The molecule has 0 fully saturated rings. The zero-order valence-electron chi connectivity index (χ0n) is 21.9. The van der Waals surface area contributed by atoms with Gasteiger partial charge in [0, 0.05) is 50.8 Å². The van der Waals surface area contributed by atoms with E-state index in [2.05, 4.69) is 30.6 Å². The average Bonchev–Trinajstić information content (AvgIpc) is 3.31. The normalized spacial score (nSPS) is 11.1. The molecule has 3 heterocycles. The number of aromatic amines is 1. The highest BCUT2D eigenvalue weighted by Gasteiger charge is 2.09. The van der Waals surface area contributed by atoms with Crippen molar-refractivity contribution in [2.75, 3.05) is 18.8 Å². The predicted molar refractivity (Wildman–Crippen MR) is 143 cm³/mol. The molecule has 3 rings (SSSR count). The lowest BCUT2D eigenvalue weighted by Crippen LogP contribution is -2.33. The number of hydrogen-bond acceptors (Lipinski definition) is 8.